The molecule has 0 aliphatic heterocycles. The van der Waals surface area contributed by atoms with Crippen molar-refractivity contribution in [3.8, 4) is 5.75 Å². The Hall–Kier alpha value is -2.11. The number of nitro groups is 1. The zero-order valence-electron chi connectivity index (χ0n) is 11.6. The van der Waals surface area contributed by atoms with Gasteiger partial charge in [-0.15, -0.1) is 0 Å². The summed E-state index contributed by atoms with van der Waals surface area (Å²) < 4.78 is 0. The quantitative estimate of drug-likeness (QED) is 0.662. The fourth-order valence-electron chi connectivity index (χ4n) is 2.11. The summed E-state index contributed by atoms with van der Waals surface area (Å²) in [6.45, 7) is 4.43. The second-order valence-electron chi connectivity index (χ2n) is 5.43. The number of phenols is 1. The van der Waals surface area contributed by atoms with Gasteiger partial charge in [-0.05, 0) is 38.7 Å². The van der Waals surface area contributed by atoms with Gasteiger partial charge in [-0.1, -0.05) is 6.07 Å². The van der Waals surface area contributed by atoms with Crippen LogP contribution in [0.1, 0.15) is 37.0 Å². The van der Waals surface area contributed by atoms with E-state index in [1.54, 1.807) is 4.90 Å². The molecule has 1 aromatic carbocycles. The normalized spacial score (nSPS) is 14.3. The maximum absolute atomic E-state index is 12.5. The number of nitrogens with zero attached hydrogens (tertiary/aromatic N) is 2. The van der Waals surface area contributed by atoms with E-state index >= 15 is 0 Å². The van der Waals surface area contributed by atoms with Crippen molar-refractivity contribution in [1.82, 2.24) is 4.90 Å². The molecule has 1 amide bonds. The minimum absolute atomic E-state index is 0.00597. The smallest absolute Gasteiger partial charge is 0.311 e. The Balaban J connectivity index is 2.30. The van der Waals surface area contributed by atoms with Gasteiger partial charge in [0.1, 0.15) is 0 Å². The molecule has 1 aliphatic rings. The summed E-state index contributed by atoms with van der Waals surface area (Å²) in [5.41, 5.74) is -0.445. The predicted molar refractivity (Wildman–Crippen MR) is 73.7 cm³/mol. The Labute approximate surface area is 117 Å². The van der Waals surface area contributed by atoms with Crippen LogP contribution in [0, 0.1) is 16.0 Å². The van der Waals surface area contributed by atoms with Crippen LogP contribution in [0.2, 0.25) is 0 Å². The van der Waals surface area contributed by atoms with Gasteiger partial charge in [-0.25, -0.2) is 0 Å². The van der Waals surface area contributed by atoms with Crippen molar-refractivity contribution in [3.63, 3.8) is 0 Å². The van der Waals surface area contributed by atoms with Gasteiger partial charge in [0.15, 0.2) is 0 Å². The largest absolute Gasteiger partial charge is 0.502 e. The van der Waals surface area contributed by atoms with Crippen LogP contribution in [0.5, 0.6) is 5.75 Å². The molecule has 6 heteroatoms. The van der Waals surface area contributed by atoms with E-state index in [4.69, 9.17) is 0 Å². The van der Waals surface area contributed by atoms with Gasteiger partial charge >= 0.3 is 5.69 Å². The lowest BCUT2D eigenvalue weighted by Crippen LogP contribution is -2.38. The molecule has 1 saturated carbocycles. The highest BCUT2D eigenvalue weighted by Crippen LogP contribution is 2.33. The zero-order chi connectivity index (χ0) is 14.9. The molecule has 0 spiro atoms. The van der Waals surface area contributed by atoms with Crippen molar-refractivity contribution in [1.29, 1.82) is 0 Å². The SMILES string of the molecule is CC(C)N(CC1CC1)C(=O)c1cccc([N+](=O)[O-])c1O. The van der Waals surface area contributed by atoms with E-state index in [1.165, 1.54) is 18.2 Å². The van der Waals surface area contributed by atoms with E-state index < -0.39 is 16.4 Å². The lowest BCUT2D eigenvalue weighted by molar-refractivity contribution is -0.385. The first-order valence-corrected chi connectivity index (χ1v) is 6.69. The third-order valence-corrected chi connectivity index (χ3v) is 3.48. The summed E-state index contributed by atoms with van der Waals surface area (Å²) in [5, 5.41) is 20.7. The summed E-state index contributed by atoms with van der Waals surface area (Å²) in [4.78, 5) is 24.3. The number of para-hydroxylation sites is 1. The summed E-state index contributed by atoms with van der Waals surface area (Å²) in [6.07, 6.45) is 2.22. The highest BCUT2D eigenvalue weighted by atomic mass is 16.6. The minimum Gasteiger partial charge on any atom is -0.502 e. The van der Waals surface area contributed by atoms with E-state index in [-0.39, 0.29) is 17.5 Å². The minimum atomic E-state index is -0.688. The third kappa shape index (κ3) is 2.89. The standard InChI is InChI=1S/C14H18N2O4/c1-9(2)15(8-10-6-7-10)14(18)11-4-3-5-12(13(11)17)16(19)20/h3-5,9-10,17H,6-8H2,1-2H3. The lowest BCUT2D eigenvalue weighted by Gasteiger charge is -2.27. The van der Waals surface area contributed by atoms with Crippen LogP contribution in [0.15, 0.2) is 18.2 Å². The van der Waals surface area contributed by atoms with E-state index in [1.807, 2.05) is 13.8 Å². The Kier molecular flexibility index (Phi) is 3.92. The number of carbonyl (C=O) groups is 1. The molecular formula is C14H18N2O4. The Morgan fingerprint density at radius 1 is 1.50 bits per heavy atom. The number of hydrogen-bond acceptors (Lipinski definition) is 4. The third-order valence-electron chi connectivity index (χ3n) is 3.48. The molecule has 0 unspecified atom stereocenters. The lowest BCUT2D eigenvalue weighted by atomic mass is 10.1. The molecule has 20 heavy (non-hydrogen) atoms. The van der Waals surface area contributed by atoms with Gasteiger partial charge < -0.3 is 10.0 Å². The van der Waals surface area contributed by atoms with Crippen molar-refractivity contribution in [2.75, 3.05) is 6.54 Å². The first-order chi connectivity index (χ1) is 9.41. The summed E-state index contributed by atoms with van der Waals surface area (Å²) in [5.74, 6) is -0.390. The molecule has 1 aromatic rings. The van der Waals surface area contributed by atoms with Gasteiger partial charge in [-0.2, -0.15) is 0 Å². The molecule has 1 N–H and O–H groups in total. The van der Waals surface area contributed by atoms with Gasteiger partial charge in [0.05, 0.1) is 10.5 Å². The number of amides is 1. The van der Waals surface area contributed by atoms with Crippen LogP contribution in [0.3, 0.4) is 0 Å². The van der Waals surface area contributed by atoms with Crippen LogP contribution < -0.4 is 0 Å². The number of nitro benzene ring substituents is 1. The first-order valence-electron chi connectivity index (χ1n) is 6.69. The molecule has 1 aliphatic carbocycles. The van der Waals surface area contributed by atoms with Crippen LogP contribution in [0.4, 0.5) is 5.69 Å². The van der Waals surface area contributed by atoms with Crippen molar-refractivity contribution in [3.05, 3.63) is 33.9 Å². The maximum atomic E-state index is 12.5. The number of phenolic OH excluding ortho intramolecular Hbond substituents is 1. The fraction of sp³-hybridized carbons (Fsp3) is 0.500. The zero-order valence-corrected chi connectivity index (χ0v) is 11.6. The molecule has 1 fully saturated rings. The molecule has 0 saturated heterocycles. The number of benzene rings is 1. The highest BCUT2D eigenvalue weighted by Gasteiger charge is 2.31. The second kappa shape index (κ2) is 5.48. The van der Waals surface area contributed by atoms with Gasteiger partial charge in [0.2, 0.25) is 5.75 Å². The van der Waals surface area contributed by atoms with Crippen molar-refractivity contribution in [2.24, 2.45) is 5.92 Å². The molecule has 6 nitrogen and oxygen atoms in total. The van der Waals surface area contributed by atoms with Crippen LogP contribution >= 0.6 is 0 Å². The monoisotopic (exact) mass is 278 g/mol. The molecule has 2 rings (SSSR count). The van der Waals surface area contributed by atoms with Crippen LogP contribution in [-0.4, -0.2) is 33.4 Å². The number of aromatic hydroxyl groups is 1. The average Bonchev–Trinajstić information content (AvgIpc) is 3.18. The van der Waals surface area contributed by atoms with Crippen LogP contribution in [-0.2, 0) is 0 Å². The Bertz CT molecular complexity index is 538. The maximum Gasteiger partial charge on any atom is 0.311 e. The van der Waals surface area contributed by atoms with E-state index in [2.05, 4.69) is 0 Å². The summed E-state index contributed by atoms with van der Waals surface area (Å²) >= 11 is 0. The Morgan fingerprint density at radius 3 is 2.65 bits per heavy atom. The predicted octanol–water partition coefficient (Wildman–Crippen LogP) is 2.56. The number of carbonyl (C=O) groups excluding carboxylic acids is 1. The highest BCUT2D eigenvalue weighted by molar-refractivity contribution is 5.98. The topological polar surface area (TPSA) is 83.7 Å². The van der Waals surface area contributed by atoms with Crippen molar-refractivity contribution in [2.45, 2.75) is 32.7 Å². The van der Waals surface area contributed by atoms with Gasteiger partial charge in [-0.3, -0.25) is 14.9 Å². The van der Waals surface area contributed by atoms with Crippen molar-refractivity contribution >= 4 is 11.6 Å². The first kappa shape index (κ1) is 14.3. The number of hydrogen-bond donors (Lipinski definition) is 1. The Morgan fingerprint density at radius 2 is 2.15 bits per heavy atom. The molecule has 0 radical (unpaired) electrons. The molecule has 0 atom stereocenters. The van der Waals surface area contributed by atoms with E-state index in [9.17, 15) is 20.0 Å². The summed E-state index contributed by atoms with van der Waals surface area (Å²) in [7, 11) is 0. The van der Waals surface area contributed by atoms with E-state index in [0.29, 0.717) is 12.5 Å². The van der Waals surface area contributed by atoms with Crippen LogP contribution in [0.25, 0.3) is 0 Å². The summed E-state index contributed by atoms with van der Waals surface area (Å²) in [6, 6.07) is 4.02. The average molecular weight is 278 g/mol. The molecular weight excluding hydrogens is 260 g/mol. The van der Waals surface area contributed by atoms with Gasteiger partial charge in [0, 0.05) is 18.7 Å². The van der Waals surface area contributed by atoms with Gasteiger partial charge in [0.25, 0.3) is 5.91 Å². The number of rotatable bonds is 5. The van der Waals surface area contributed by atoms with E-state index in [0.717, 1.165) is 12.8 Å². The molecule has 0 heterocycles. The molecule has 0 aromatic heterocycles. The second-order valence-corrected chi connectivity index (χ2v) is 5.43. The fourth-order valence-corrected chi connectivity index (χ4v) is 2.11. The van der Waals surface area contributed by atoms with Crippen molar-refractivity contribution < 1.29 is 14.8 Å². The molecule has 0 bridgehead atoms. The molecule has 108 valence electrons.